The molecule has 2 rings (SSSR count). The van der Waals surface area contributed by atoms with Gasteiger partial charge in [-0.05, 0) is 18.9 Å². The van der Waals surface area contributed by atoms with E-state index in [0.29, 0.717) is 26.2 Å². The van der Waals surface area contributed by atoms with Gasteiger partial charge in [-0.2, -0.15) is 0 Å². The van der Waals surface area contributed by atoms with Crippen LogP contribution in [-0.4, -0.2) is 65.7 Å². The van der Waals surface area contributed by atoms with Crippen LogP contribution >= 0.6 is 0 Å². The minimum Gasteiger partial charge on any atom is -0.392 e. The molecule has 1 aromatic carbocycles. The lowest BCUT2D eigenvalue weighted by Crippen LogP contribution is -2.52. The average Bonchev–Trinajstić information content (AvgIpc) is 2.60. The minimum absolute atomic E-state index is 0.0524. The molecule has 1 aliphatic rings. The Balaban J connectivity index is 1.73. The Bertz CT molecular complexity index is 472. The van der Waals surface area contributed by atoms with Crippen molar-refractivity contribution in [3.63, 3.8) is 0 Å². The molecule has 23 heavy (non-hydrogen) atoms. The van der Waals surface area contributed by atoms with E-state index < -0.39 is 6.10 Å². The number of rotatable bonds is 7. The zero-order chi connectivity index (χ0) is 16.7. The normalized spacial score (nSPS) is 18.7. The quantitative estimate of drug-likeness (QED) is 0.827. The van der Waals surface area contributed by atoms with Gasteiger partial charge >= 0.3 is 0 Å². The summed E-state index contributed by atoms with van der Waals surface area (Å²) in [4.78, 5) is 16.5. The maximum Gasteiger partial charge on any atom is 0.251 e. The number of hydrogen-bond acceptors (Lipinski definition) is 4. The molecule has 0 unspecified atom stereocenters. The summed E-state index contributed by atoms with van der Waals surface area (Å²) in [5, 5.41) is 9.71. The maximum atomic E-state index is 12.4. The number of aliphatic hydroxyl groups is 1. The molecular weight excluding hydrogens is 292 g/mol. The molecule has 0 aromatic heterocycles. The van der Waals surface area contributed by atoms with Crippen LogP contribution in [0.15, 0.2) is 30.3 Å². The SMILES string of the molecule is CC[C@@H](O)CN1CCN(C(=O)[C@@H](C)OCc2ccccc2)CC1. The summed E-state index contributed by atoms with van der Waals surface area (Å²) in [5.74, 6) is 0.0524. The van der Waals surface area contributed by atoms with Gasteiger partial charge in [0.1, 0.15) is 6.10 Å². The molecule has 0 spiro atoms. The van der Waals surface area contributed by atoms with E-state index in [-0.39, 0.29) is 12.0 Å². The number of carbonyl (C=O) groups is 1. The molecule has 128 valence electrons. The van der Waals surface area contributed by atoms with Crippen molar-refractivity contribution in [2.75, 3.05) is 32.7 Å². The molecule has 1 aliphatic heterocycles. The lowest BCUT2D eigenvalue weighted by atomic mass is 10.2. The number of benzene rings is 1. The fourth-order valence-electron chi connectivity index (χ4n) is 2.70. The molecule has 5 heteroatoms. The van der Waals surface area contributed by atoms with E-state index in [1.807, 2.05) is 49.1 Å². The fourth-order valence-corrected chi connectivity index (χ4v) is 2.70. The zero-order valence-electron chi connectivity index (χ0n) is 14.1. The Kier molecular flexibility index (Phi) is 7.02. The molecule has 1 aromatic rings. The van der Waals surface area contributed by atoms with Crippen LogP contribution in [0, 0.1) is 0 Å². The van der Waals surface area contributed by atoms with Gasteiger partial charge in [0.05, 0.1) is 12.7 Å². The van der Waals surface area contributed by atoms with E-state index in [4.69, 9.17) is 4.74 Å². The Labute approximate surface area is 138 Å². The third-order valence-electron chi connectivity index (χ3n) is 4.31. The first-order valence-corrected chi connectivity index (χ1v) is 8.45. The van der Waals surface area contributed by atoms with Gasteiger partial charge in [-0.15, -0.1) is 0 Å². The van der Waals surface area contributed by atoms with Crippen molar-refractivity contribution in [2.24, 2.45) is 0 Å². The van der Waals surface area contributed by atoms with Gasteiger partial charge in [-0.1, -0.05) is 37.3 Å². The first-order chi connectivity index (χ1) is 11.1. The molecule has 1 fully saturated rings. The average molecular weight is 320 g/mol. The second-order valence-corrected chi connectivity index (χ2v) is 6.13. The summed E-state index contributed by atoms with van der Waals surface area (Å²) in [5.41, 5.74) is 1.07. The standard InChI is InChI=1S/C18H28N2O3/c1-3-17(21)13-19-9-11-20(12-10-19)18(22)15(2)23-14-16-7-5-4-6-8-16/h4-8,15,17,21H,3,9-14H2,1-2H3/t15-,17-/m1/s1. The van der Waals surface area contributed by atoms with Crippen LogP contribution in [0.5, 0.6) is 0 Å². The minimum atomic E-state index is -0.428. The van der Waals surface area contributed by atoms with Gasteiger partial charge in [0.25, 0.3) is 5.91 Å². The monoisotopic (exact) mass is 320 g/mol. The van der Waals surface area contributed by atoms with Crippen LogP contribution in [0.2, 0.25) is 0 Å². The molecule has 5 nitrogen and oxygen atoms in total. The van der Waals surface area contributed by atoms with Crippen molar-refractivity contribution < 1.29 is 14.6 Å². The highest BCUT2D eigenvalue weighted by molar-refractivity contribution is 5.80. The summed E-state index contributed by atoms with van der Waals surface area (Å²) >= 11 is 0. The summed E-state index contributed by atoms with van der Waals surface area (Å²) in [6, 6.07) is 9.89. The molecule has 0 saturated carbocycles. The van der Waals surface area contributed by atoms with E-state index in [0.717, 1.165) is 25.1 Å². The van der Waals surface area contributed by atoms with Gasteiger partial charge in [0.15, 0.2) is 0 Å². The maximum absolute atomic E-state index is 12.4. The molecule has 0 bridgehead atoms. The number of nitrogens with zero attached hydrogens (tertiary/aromatic N) is 2. The zero-order valence-corrected chi connectivity index (χ0v) is 14.1. The highest BCUT2D eigenvalue weighted by atomic mass is 16.5. The highest BCUT2D eigenvalue weighted by Crippen LogP contribution is 2.09. The van der Waals surface area contributed by atoms with Gasteiger partial charge in [-0.25, -0.2) is 0 Å². The van der Waals surface area contributed by atoms with Gasteiger partial charge in [0, 0.05) is 32.7 Å². The fraction of sp³-hybridized carbons (Fsp3) is 0.611. The smallest absolute Gasteiger partial charge is 0.251 e. The van der Waals surface area contributed by atoms with Crippen molar-refractivity contribution >= 4 is 5.91 Å². The number of aliphatic hydroxyl groups excluding tert-OH is 1. The highest BCUT2D eigenvalue weighted by Gasteiger charge is 2.25. The summed E-state index contributed by atoms with van der Waals surface area (Å²) < 4.78 is 5.71. The van der Waals surface area contributed by atoms with E-state index in [9.17, 15) is 9.90 Å². The number of piperazine rings is 1. The van der Waals surface area contributed by atoms with Crippen molar-refractivity contribution in [3.05, 3.63) is 35.9 Å². The van der Waals surface area contributed by atoms with Crippen molar-refractivity contribution in [1.29, 1.82) is 0 Å². The molecular formula is C18H28N2O3. The second-order valence-electron chi connectivity index (χ2n) is 6.13. The Hall–Kier alpha value is -1.43. The van der Waals surface area contributed by atoms with Crippen LogP contribution in [0.1, 0.15) is 25.8 Å². The lowest BCUT2D eigenvalue weighted by molar-refractivity contribution is -0.145. The summed E-state index contributed by atoms with van der Waals surface area (Å²) in [7, 11) is 0. The largest absolute Gasteiger partial charge is 0.392 e. The molecule has 2 atom stereocenters. The second kappa shape index (κ2) is 9.01. The van der Waals surface area contributed by atoms with Crippen LogP contribution in [-0.2, 0) is 16.1 Å². The molecule has 1 saturated heterocycles. The predicted octanol–water partition coefficient (Wildman–Crippen LogP) is 1.51. The number of β-amino-alcohol motifs (C(OH)–C–C–N with tert-alkyl or cyclic N) is 1. The predicted molar refractivity (Wildman–Crippen MR) is 90.0 cm³/mol. The van der Waals surface area contributed by atoms with E-state index in [1.165, 1.54) is 0 Å². The van der Waals surface area contributed by atoms with Crippen LogP contribution in [0.4, 0.5) is 0 Å². The molecule has 0 aliphatic carbocycles. The van der Waals surface area contributed by atoms with Crippen molar-refractivity contribution in [2.45, 2.75) is 39.1 Å². The summed E-state index contributed by atoms with van der Waals surface area (Å²) in [6.07, 6.45) is 0.0668. The molecule has 1 heterocycles. The Morgan fingerprint density at radius 1 is 1.22 bits per heavy atom. The van der Waals surface area contributed by atoms with Crippen LogP contribution < -0.4 is 0 Å². The first kappa shape index (κ1) is 17.9. The van der Waals surface area contributed by atoms with Crippen LogP contribution in [0.25, 0.3) is 0 Å². The third-order valence-corrected chi connectivity index (χ3v) is 4.31. The van der Waals surface area contributed by atoms with Gasteiger partial charge in [0.2, 0.25) is 0 Å². The third kappa shape index (κ3) is 5.61. The topological polar surface area (TPSA) is 53.0 Å². The first-order valence-electron chi connectivity index (χ1n) is 8.45. The Morgan fingerprint density at radius 3 is 2.48 bits per heavy atom. The number of carbonyl (C=O) groups excluding carboxylic acids is 1. The van der Waals surface area contributed by atoms with E-state index in [2.05, 4.69) is 4.90 Å². The Morgan fingerprint density at radius 2 is 1.87 bits per heavy atom. The number of amides is 1. The van der Waals surface area contributed by atoms with Gasteiger partial charge < -0.3 is 14.7 Å². The van der Waals surface area contributed by atoms with E-state index in [1.54, 1.807) is 0 Å². The van der Waals surface area contributed by atoms with E-state index >= 15 is 0 Å². The lowest BCUT2D eigenvalue weighted by Gasteiger charge is -2.36. The molecule has 1 amide bonds. The summed E-state index contributed by atoms with van der Waals surface area (Å²) in [6.45, 7) is 7.98. The number of ether oxygens (including phenoxy) is 1. The molecule has 1 N–H and O–H groups in total. The van der Waals surface area contributed by atoms with Crippen molar-refractivity contribution in [1.82, 2.24) is 9.80 Å². The van der Waals surface area contributed by atoms with Crippen LogP contribution in [0.3, 0.4) is 0 Å². The van der Waals surface area contributed by atoms with Gasteiger partial charge in [-0.3, -0.25) is 9.69 Å². The molecule has 0 radical (unpaired) electrons. The van der Waals surface area contributed by atoms with Crippen molar-refractivity contribution in [3.8, 4) is 0 Å². The number of hydrogen-bond donors (Lipinski definition) is 1.